The van der Waals surface area contributed by atoms with Crippen LogP contribution in [-0.2, 0) is 13.5 Å². The predicted molar refractivity (Wildman–Crippen MR) is 68.8 cm³/mol. The van der Waals surface area contributed by atoms with E-state index in [9.17, 15) is 0 Å². The van der Waals surface area contributed by atoms with E-state index in [1.807, 2.05) is 14.0 Å². The maximum atomic E-state index is 6.20. The second-order valence-electron chi connectivity index (χ2n) is 4.03. The molecule has 0 spiro atoms. The van der Waals surface area contributed by atoms with Gasteiger partial charge in [-0.15, -0.1) is 0 Å². The molecule has 0 N–H and O–H groups in total. The highest BCUT2D eigenvalue weighted by atomic mass is 79.9. The minimum absolute atomic E-state index is 0.512. The summed E-state index contributed by atoms with van der Waals surface area (Å²) in [5.74, 6) is 0.616. The van der Waals surface area contributed by atoms with Crippen molar-refractivity contribution in [2.45, 2.75) is 38.4 Å². The molecule has 15 heavy (non-hydrogen) atoms. The molecule has 1 aromatic heterocycles. The van der Waals surface area contributed by atoms with Gasteiger partial charge in [-0.3, -0.25) is 4.68 Å². The molecule has 0 aliphatic carbocycles. The summed E-state index contributed by atoms with van der Waals surface area (Å²) in [6, 6.07) is 0. The van der Waals surface area contributed by atoms with E-state index < -0.39 is 0 Å². The van der Waals surface area contributed by atoms with Gasteiger partial charge in [-0.2, -0.15) is 5.10 Å². The quantitative estimate of drug-likeness (QED) is 0.773. The zero-order valence-electron chi connectivity index (χ0n) is 9.72. The Bertz CT molecular complexity index is 334. The fourth-order valence-electron chi connectivity index (χ4n) is 1.80. The first-order chi connectivity index (χ1) is 6.97. The van der Waals surface area contributed by atoms with Crippen molar-refractivity contribution in [1.82, 2.24) is 9.78 Å². The molecule has 2 unspecified atom stereocenters. The monoisotopic (exact) mass is 292 g/mol. The smallest absolute Gasteiger partial charge is 0.130 e. The molecule has 0 aliphatic rings. The van der Waals surface area contributed by atoms with Crippen LogP contribution in [0.5, 0.6) is 0 Å². The highest BCUT2D eigenvalue weighted by molar-refractivity contribution is 9.09. The summed E-state index contributed by atoms with van der Waals surface area (Å²) in [4.78, 5) is 0.512. The molecule has 0 amide bonds. The highest BCUT2D eigenvalue weighted by Gasteiger charge is 2.18. The molecule has 86 valence electrons. The van der Waals surface area contributed by atoms with Crippen LogP contribution in [0.3, 0.4) is 0 Å². The fourth-order valence-corrected chi connectivity index (χ4v) is 2.61. The number of hydrogen-bond acceptors (Lipinski definition) is 1. The first kappa shape index (κ1) is 13.0. The Morgan fingerprint density at radius 2 is 2.13 bits per heavy atom. The van der Waals surface area contributed by atoms with Crippen molar-refractivity contribution in [1.29, 1.82) is 0 Å². The van der Waals surface area contributed by atoms with Crippen LogP contribution >= 0.6 is 27.5 Å². The average Bonchev–Trinajstić information content (AvgIpc) is 2.39. The maximum Gasteiger partial charge on any atom is 0.130 e. The van der Waals surface area contributed by atoms with Gasteiger partial charge in [0, 0.05) is 17.4 Å². The molecular weight excluding hydrogens is 275 g/mol. The van der Waals surface area contributed by atoms with Gasteiger partial charge in [0.25, 0.3) is 0 Å². The SMILES string of the molecule is CCC(Cc1c(C)nn(C)c1Cl)C(C)Br. The van der Waals surface area contributed by atoms with Gasteiger partial charge >= 0.3 is 0 Å². The number of rotatable bonds is 4. The molecule has 0 fully saturated rings. The lowest BCUT2D eigenvalue weighted by Crippen LogP contribution is -2.13. The third kappa shape index (κ3) is 2.97. The van der Waals surface area contributed by atoms with Gasteiger partial charge in [0.15, 0.2) is 0 Å². The first-order valence-electron chi connectivity index (χ1n) is 5.29. The normalized spacial score (nSPS) is 15.3. The minimum atomic E-state index is 0.512. The van der Waals surface area contributed by atoms with Gasteiger partial charge in [-0.25, -0.2) is 0 Å². The molecule has 4 heteroatoms. The summed E-state index contributed by atoms with van der Waals surface area (Å²) in [6.45, 7) is 6.42. The van der Waals surface area contributed by atoms with Crippen LogP contribution in [0.25, 0.3) is 0 Å². The first-order valence-corrected chi connectivity index (χ1v) is 6.58. The molecule has 0 radical (unpaired) electrons. The van der Waals surface area contributed by atoms with Gasteiger partial charge < -0.3 is 0 Å². The van der Waals surface area contributed by atoms with Crippen LogP contribution in [-0.4, -0.2) is 14.6 Å². The number of halogens is 2. The lowest BCUT2D eigenvalue weighted by Gasteiger charge is -2.17. The van der Waals surface area contributed by atoms with Crippen LogP contribution in [0, 0.1) is 12.8 Å². The molecule has 0 bridgehead atoms. The van der Waals surface area contributed by atoms with Crippen LogP contribution in [0.15, 0.2) is 0 Å². The molecule has 0 aliphatic heterocycles. The van der Waals surface area contributed by atoms with E-state index in [-0.39, 0.29) is 0 Å². The Morgan fingerprint density at radius 1 is 1.53 bits per heavy atom. The summed E-state index contributed by atoms with van der Waals surface area (Å²) >= 11 is 9.85. The number of hydrogen-bond donors (Lipinski definition) is 0. The Labute approximate surface area is 105 Å². The molecule has 0 saturated heterocycles. The van der Waals surface area contributed by atoms with Crippen molar-refractivity contribution < 1.29 is 0 Å². The summed E-state index contributed by atoms with van der Waals surface area (Å²) in [5.41, 5.74) is 2.24. The Hall–Kier alpha value is -0.0200. The predicted octanol–water partition coefficient (Wildman–Crippen LogP) is 3.73. The summed E-state index contributed by atoms with van der Waals surface area (Å²) in [6.07, 6.45) is 2.15. The molecule has 0 saturated carbocycles. The van der Waals surface area contributed by atoms with Crippen molar-refractivity contribution in [3.8, 4) is 0 Å². The molecule has 0 aromatic carbocycles. The molecule has 2 atom stereocenters. The number of nitrogens with zero attached hydrogens (tertiary/aromatic N) is 2. The fraction of sp³-hybridized carbons (Fsp3) is 0.727. The number of aryl methyl sites for hydroxylation is 2. The van der Waals surface area contributed by atoms with E-state index in [4.69, 9.17) is 11.6 Å². The minimum Gasteiger partial charge on any atom is -0.257 e. The van der Waals surface area contributed by atoms with Crippen LogP contribution in [0.1, 0.15) is 31.5 Å². The molecule has 1 heterocycles. The Morgan fingerprint density at radius 3 is 2.47 bits per heavy atom. The highest BCUT2D eigenvalue weighted by Crippen LogP contribution is 2.27. The van der Waals surface area contributed by atoms with Crippen molar-refractivity contribution >= 4 is 27.5 Å². The van der Waals surface area contributed by atoms with E-state index >= 15 is 0 Å². The second kappa shape index (κ2) is 5.35. The Kier molecular flexibility index (Phi) is 4.65. The van der Waals surface area contributed by atoms with Crippen molar-refractivity contribution in [3.05, 3.63) is 16.4 Å². The molecule has 1 aromatic rings. The van der Waals surface area contributed by atoms with Gasteiger partial charge in [-0.05, 0) is 19.3 Å². The van der Waals surface area contributed by atoms with E-state index in [1.54, 1.807) is 4.68 Å². The zero-order valence-corrected chi connectivity index (χ0v) is 12.1. The van der Waals surface area contributed by atoms with Crippen molar-refractivity contribution in [2.24, 2.45) is 13.0 Å². The largest absolute Gasteiger partial charge is 0.257 e. The Balaban J connectivity index is 2.88. The third-order valence-corrected chi connectivity index (χ3v) is 4.13. The molecule has 1 rings (SSSR count). The lowest BCUT2D eigenvalue weighted by atomic mass is 9.95. The zero-order chi connectivity index (χ0) is 11.6. The third-order valence-electron chi connectivity index (χ3n) is 2.91. The second-order valence-corrected chi connectivity index (χ2v) is 5.83. The maximum absolute atomic E-state index is 6.20. The van der Waals surface area contributed by atoms with Crippen LogP contribution in [0.2, 0.25) is 5.15 Å². The summed E-state index contributed by atoms with van der Waals surface area (Å²) < 4.78 is 1.75. The van der Waals surface area contributed by atoms with Crippen molar-refractivity contribution in [2.75, 3.05) is 0 Å². The number of alkyl halides is 1. The summed E-state index contributed by atoms with van der Waals surface area (Å²) in [5, 5.41) is 5.10. The van der Waals surface area contributed by atoms with E-state index in [0.29, 0.717) is 10.7 Å². The molecule has 2 nitrogen and oxygen atoms in total. The van der Waals surface area contributed by atoms with Crippen LogP contribution in [0.4, 0.5) is 0 Å². The lowest BCUT2D eigenvalue weighted by molar-refractivity contribution is 0.507. The van der Waals surface area contributed by atoms with E-state index in [2.05, 4.69) is 34.9 Å². The average molecular weight is 294 g/mol. The van der Waals surface area contributed by atoms with Gasteiger partial charge in [0.2, 0.25) is 0 Å². The van der Waals surface area contributed by atoms with Crippen molar-refractivity contribution in [3.63, 3.8) is 0 Å². The van der Waals surface area contributed by atoms with Gasteiger partial charge in [-0.1, -0.05) is 47.8 Å². The standard InChI is InChI=1S/C11H18BrClN2/c1-5-9(7(2)12)6-10-8(3)14-15(4)11(10)13/h7,9H,5-6H2,1-4H3. The number of aromatic nitrogens is 2. The topological polar surface area (TPSA) is 17.8 Å². The van der Waals surface area contributed by atoms with Gasteiger partial charge in [0.05, 0.1) is 5.69 Å². The van der Waals surface area contributed by atoms with Gasteiger partial charge in [0.1, 0.15) is 5.15 Å². The van der Waals surface area contributed by atoms with E-state index in [0.717, 1.165) is 23.7 Å². The molecular formula is C11H18BrClN2. The van der Waals surface area contributed by atoms with E-state index in [1.165, 1.54) is 5.56 Å². The summed E-state index contributed by atoms with van der Waals surface area (Å²) in [7, 11) is 1.89. The van der Waals surface area contributed by atoms with Crippen LogP contribution < -0.4 is 0 Å².